The second-order valence-corrected chi connectivity index (χ2v) is 5.40. The Labute approximate surface area is 137 Å². The Morgan fingerprint density at radius 2 is 1.88 bits per heavy atom. The topological polar surface area (TPSA) is 84.7 Å². The number of para-hydroxylation sites is 1. The van der Waals surface area contributed by atoms with E-state index in [1.165, 1.54) is 24.3 Å². The smallest absolute Gasteiger partial charge is 0.405 e. The van der Waals surface area contributed by atoms with Crippen molar-refractivity contribution >= 4 is 11.8 Å². The van der Waals surface area contributed by atoms with Gasteiger partial charge in [0.05, 0.1) is 13.1 Å². The number of hydrogen-bond donors (Lipinski definition) is 2. The van der Waals surface area contributed by atoms with E-state index in [0.717, 1.165) is 0 Å². The molecule has 6 nitrogen and oxygen atoms in total. The van der Waals surface area contributed by atoms with Gasteiger partial charge in [-0.25, -0.2) is 0 Å². The first-order valence-corrected chi connectivity index (χ1v) is 7.21. The Morgan fingerprint density at radius 1 is 1.25 bits per heavy atom. The molecule has 0 saturated heterocycles. The zero-order valence-corrected chi connectivity index (χ0v) is 13.4. The lowest BCUT2D eigenvalue weighted by Gasteiger charge is -2.24. The molecule has 24 heavy (non-hydrogen) atoms. The van der Waals surface area contributed by atoms with Gasteiger partial charge in [0.15, 0.2) is 0 Å². The third-order valence-electron chi connectivity index (χ3n) is 3.11. The summed E-state index contributed by atoms with van der Waals surface area (Å²) in [5.74, 6) is -1.38. The van der Waals surface area contributed by atoms with Gasteiger partial charge >= 0.3 is 6.36 Å². The molecular formula is C15H20F3N3O3. The molecule has 0 bridgehead atoms. The number of hydrogen-bond acceptors (Lipinski definition) is 4. The van der Waals surface area contributed by atoms with Gasteiger partial charge in [0.1, 0.15) is 5.75 Å². The minimum atomic E-state index is -4.81. The van der Waals surface area contributed by atoms with Gasteiger partial charge in [-0.3, -0.25) is 14.5 Å². The Morgan fingerprint density at radius 3 is 2.42 bits per heavy atom. The molecule has 0 unspecified atom stereocenters. The van der Waals surface area contributed by atoms with E-state index in [2.05, 4.69) is 10.1 Å². The Hall–Kier alpha value is -2.29. The molecule has 0 aliphatic heterocycles. The van der Waals surface area contributed by atoms with Gasteiger partial charge in [-0.2, -0.15) is 0 Å². The van der Waals surface area contributed by atoms with Crippen molar-refractivity contribution < 1.29 is 27.5 Å². The highest BCUT2D eigenvalue weighted by atomic mass is 19.4. The van der Waals surface area contributed by atoms with E-state index in [4.69, 9.17) is 5.73 Å². The standard InChI is InChI=1S/C15H20F3N3O3/c1-10(2)21(8-13(19)22)9-14(23)20-7-11-5-3-4-6-12(11)24-15(16,17)18/h3-6,10H,7-9H2,1-2H3,(H2,19,22)(H,20,23). The third kappa shape index (κ3) is 7.32. The number of rotatable bonds is 8. The number of alkyl halides is 3. The minimum absolute atomic E-state index is 0.0845. The van der Waals surface area contributed by atoms with Crippen LogP contribution < -0.4 is 15.8 Å². The maximum atomic E-state index is 12.3. The van der Waals surface area contributed by atoms with Crippen molar-refractivity contribution in [3.63, 3.8) is 0 Å². The summed E-state index contributed by atoms with van der Waals surface area (Å²) in [6.45, 7) is 3.28. The number of nitrogens with one attached hydrogen (secondary N) is 1. The molecule has 0 spiro atoms. The molecule has 0 radical (unpaired) electrons. The number of ether oxygens (including phenoxy) is 1. The lowest BCUT2D eigenvalue weighted by atomic mass is 10.2. The number of nitrogens with zero attached hydrogens (tertiary/aromatic N) is 1. The van der Waals surface area contributed by atoms with Crippen LogP contribution in [0.2, 0.25) is 0 Å². The van der Waals surface area contributed by atoms with E-state index in [9.17, 15) is 22.8 Å². The Kier molecular flexibility index (Phi) is 7.02. The molecule has 0 saturated carbocycles. The molecule has 2 amide bonds. The summed E-state index contributed by atoms with van der Waals surface area (Å²) >= 11 is 0. The van der Waals surface area contributed by atoms with Crippen molar-refractivity contribution in [3.8, 4) is 5.75 Å². The SMILES string of the molecule is CC(C)N(CC(N)=O)CC(=O)NCc1ccccc1OC(F)(F)F. The van der Waals surface area contributed by atoms with Crippen LogP contribution in [0.25, 0.3) is 0 Å². The van der Waals surface area contributed by atoms with Crippen LogP contribution in [0.5, 0.6) is 5.75 Å². The lowest BCUT2D eigenvalue weighted by Crippen LogP contribution is -2.44. The summed E-state index contributed by atoms with van der Waals surface area (Å²) in [5.41, 5.74) is 5.30. The highest BCUT2D eigenvalue weighted by Crippen LogP contribution is 2.26. The molecule has 0 fully saturated rings. The maximum Gasteiger partial charge on any atom is 0.573 e. The molecular weight excluding hydrogens is 327 g/mol. The Balaban J connectivity index is 2.65. The van der Waals surface area contributed by atoms with Crippen molar-refractivity contribution in [2.75, 3.05) is 13.1 Å². The molecule has 0 aliphatic carbocycles. The van der Waals surface area contributed by atoms with Crippen molar-refractivity contribution in [1.29, 1.82) is 0 Å². The van der Waals surface area contributed by atoms with Crippen LogP contribution in [0.4, 0.5) is 13.2 Å². The number of halogens is 3. The number of benzene rings is 1. The second kappa shape index (κ2) is 8.53. The summed E-state index contributed by atoms with van der Waals surface area (Å²) < 4.78 is 40.9. The maximum absolute atomic E-state index is 12.3. The monoisotopic (exact) mass is 347 g/mol. The van der Waals surface area contributed by atoms with Gasteiger partial charge in [0, 0.05) is 18.2 Å². The number of nitrogens with two attached hydrogens (primary N) is 1. The molecule has 1 aromatic rings. The van der Waals surface area contributed by atoms with Gasteiger partial charge in [0.25, 0.3) is 0 Å². The minimum Gasteiger partial charge on any atom is -0.405 e. The van der Waals surface area contributed by atoms with E-state index >= 15 is 0 Å². The van der Waals surface area contributed by atoms with Crippen molar-refractivity contribution in [2.24, 2.45) is 5.73 Å². The predicted molar refractivity (Wildman–Crippen MR) is 80.9 cm³/mol. The molecule has 0 heterocycles. The van der Waals surface area contributed by atoms with Gasteiger partial charge in [-0.1, -0.05) is 18.2 Å². The summed E-state index contributed by atoms with van der Waals surface area (Å²) in [6, 6.07) is 5.44. The van der Waals surface area contributed by atoms with Crippen LogP contribution in [-0.2, 0) is 16.1 Å². The van der Waals surface area contributed by atoms with E-state index in [0.29, 0.717) is 0 Å². The third-order valence-corrected chi connectivity index (χ3v) is 3.11. The quantitative estimate of drug-likeness (QED) is 0.744. The highest BCUT2D eigenvalue weighted by Gasteiger charge is 2.32. The van der Waals surface area contributed by atoms with Crippen LogP contribution in [0, 0.1) is 0 Å². The number of primary amides is 1. The van der Waals surface area contributed by atoms with Gasteiger partial charge in [-0.15, -0.1) is 13.2 Å². The average Bonchev–Trinajstić information content (AvgIpc) is 2.43. The van der Waals surface area contributed by atoms with E-state index in [-0.39, 0.29) is 37.0 Å². The fourth-order valence-corrected chi connectivity index (χ4v) is 1.93. The van der Waals surface area contributed by atoms with Crippen LogP contribution in [0.15, 0.2) is 24.3 Å². The second-order valence-electron chi connectivity index (χ2n) is 5.40. The van der Waals surface area contributed by atoms with E-state index < -0.39 is 18.2 Å². The van der Waals surface area contributed by atoms with Crippen molar-refractivity contribution in [1.82, 2.24) is 10.2 Å². The normalized spacial score (nSPS) is 11.6. The van der Waals surface area contributed by atoms with Gasteiger partial charge < -0.3 is 15.8 Å². The van der Waals surface area contributed by atoms with Gasteiger partial charge in [-0.05, 0) is 19.9 Å². The zero-order chi connectivity index (χ0) is 18.3. The fourth-order valence-electron chi connectivity index (χ4n) is 1.93. The molecule has 1 rings (SSSR count). The van der Waals surface area contributed by atoms with Gasteiger partial charge in [0.2, 0.25) is 11.8 Å². The molecule has 0 aromatic heterocycles. The molecule has 9 heteroatoms. The van der Waals surface area contributed by atoms with Crippen molar-refractivity contribution in [2.45, 2.75) is 32.8 Å². The van der Waals surface area contributed by atoms with Crippen LogP contribution >= 0.6 is 0 Å². The average molecular weight is 347 g/mol. The molecule has 0 atom stereocenters. The molecule has 1 aromatic carbocycles. The lowest BCUT2D eigenvalue weighted by molar-refractivity contribution is -0.274. The van der Waals surface area contributed by atoms with Crippen LogP contribution in [-0.4, -0.2) is 42.2 Å². The molecule has 0 aliphatic rings. The van der Waals surface area contributed by atoms with Crippen LogP contribution in [0.3, 0.4) is 0 Å². The summed E-state index contributed by atoms with van der Waals surface area (Å²) in [6.07, 6.45) is -4.81. The molecule has 3 N–H and O–H groups in total. The van der Waals surface area contributed by atoms with Crippen LogP contribution in [0.1, 0.15) is 19.4 Å². The molecule has 134 valence electrons. The largest absolute Gasteiger partial charge is 0.573 e. The summed E-state index contributed by atoms with van der Waals surface area (Å²) in [5, 5.41) is 2.50. The predicted octanol–water partition coefficient (Wildman–Crippen LogP) is 1.40. The number of carbonyl (C=O) groups excluding carboxylic acids is 2. The highest BCUT2D eigenvalue weighted by molar-refractivity contribution is 5.80. The van der Waals surface area contributed by atoms with E-state index in [1.807, 2.05) is 0 Å². The first kappa shape index (κ1) is 19.8. The number of carbonyl (C=O) groups is 2. The number of amides is 2. The summed E-state index contributed by atoms with van der Waals surface area (Å²) in [7, 11) is 0. The van der Waals surface area contributed by atoms with Crippen molar-refractivity contribution in [3.05, 3.63) is 29.8 Å². The first-order valence-electron chi connectivity index (χ1n) is 7.21. The fraction of sp³-hybridized carbons (Fsp3) is 0.467. The zero-order valence-electron chi connectivity index (χ0n) is 13.4. The van der Waals surface area contributed by atoms with E-state index in [1.54, 1.807) is 18.7 Å². The Bertz CT molecular complexity index is 577. The summed E-state index contributed by atoms with van der Waals surface area (Å²) in [4.78, 5) is 24.5. The first-order chi connectivity index (χ1) is 11.1.